The molecule has 0 aliphatic carbocycles. The van der Waals surface area contributed by atoms with Gasteiger partial charge in [-0.2, -0.15) is 0 Å². The van der Waals surface area contributed by atoms with Crippen molar-refractivity contribution in [2.24, 2.45) is 0 Å². The van der Waals surface area contributed by atoms with Gasteiger partial charge in [-0.1, -0.05) is 49.2 Å². The summed E-state index contributed by atoms with van der Waals surface area (Å²) < 4.78 is 0. The molecule has 1 rings (SSSR count). The van der Waals surface area contributed by atoms with E-state index in [1.165, 1.54) is 11.1 Å². The molecule has 0 amide bonds. The van der Waals surface area contributed by atoms with Crippen LogP contribution in [0.2, 0.25) is 0 Å². The third-order valence-corrected chi connectivity index (χ3v) is 1.17. The molecule has 2 N–H and O–H groups in total. The smallest absolute Gasteiger partial charge is 0.0398 e. The second-order valence-corrected chi connectivity index (χ2v) is 2.16. The van der Waals surface area contributed by atoms with Crippen LogP contribution < -0.4 is 0 Å². The Kier molecular flexibility index (Phi) is 8.50. The second kappa shape index (κ2) is 7.29. The summed E-state index contributed by atoms with van der Waals surface area (Å²) in [5.74, 6) is 0. The molecule has 1 aromatic rings. The molecule has 0 saturated carbocycles. The second-order valence-electron chi connectivity index (χ2n) is 2.16. The Morgan fingerprint density at radius 2 is 1.27 bits per heavy atom. The maximum Gasteiger partial charge on any atom is -0.0398 e. The molecule has 0 aliphatic heterocycles. The molecular formula is C10H18O. The minimum Gasteiger partial charge on any atom is -0.412 e. The van der Waals surface area contributed by atoms with E-state index in [2.05, 4.69) is 38.1 Å². The summed E-state index contributed by atoms with van der Waals surface area (Å²) in [6, 6.07) is 8.45. The first-order chi connectivity index (χ1) is 4.79. The van der Waals surface area contributed by atoms with Crippen molar-refractivity contribution in [1.82, 2.24) is 0 Å². The van der Waals surface area contributed by atoms with Gasteiger partial charge in [0.1, 0.15) is 0 Å². The largest absolute Gasteiger partial charge is 0.412 e. The minimum atomic E-state index is 0. The van der Waals surface area contributed by atoms with Crippen molar-refractivity contribution in [3.05, 3.63) is 35.4 Å². The van der Waals surface area contributed by atoms with E-state index in [9.17, 15) is 0 Å². The van der Waals surface area contributed by atoms with Crippen molar-refractivity contribution < 1.29 is 5.48 Å². The highest BCUT2D eigenvalue weighted by Crippen LogP contribution is 2.00. The third kappa shape index (κ3) is 5.62. The monoisotopic (exact) mass is 154 g/mol. The van der Waals surface area contributed by atoms with Crippen LogP contribution in [0, 0.1) is 13.8 Å². The normalized spacial score (nSPS) is 7.27. The summed E-state index contributed by atoms with van der Waals surface area (Å²) >= 11 is 0. The highest BCUT2D eigenvalue weighted by atomic mass is 16.0. The van der Waals surface area contributed by atoms with Gasteiger partial charge in [-0.25, -0.2) is 0 Å². The van der Waals surface area contributed by atoms with Crippen LogP contribution in [-0.4, -0.2) is 5.48 Å². The van der Waals surface area contributed by atoms with Crippen molar-refractivity contribution in [2.75, 3.05) is 0 Å². The topological polar surface area (TPSA) is 31.5 Å². The van der Waals surface area contributed by atoms with Gasteiger partial charge in [0.25, 0.3) is 0 Å². The maximum absolute atomic E-state index is 2.17. The van der Waals surface area contributed by atoms with Crippen molar-refractivity contribution in [1.29, 1.82) is 0 Å². The van der Waals surface area contributed by atoms with E-state index in [-0.39, 0.29) is 5.48 Å². The quantitative estimate of drug-likeness (QED) is 0.550. The number of hydrogen-bond donors (Lipinski definition) is 0. The highest BCUT2D eigenvalue weighted by molar-refractivity contribution is 5.20. The van der Waals surface area contributed by atoms with E-state index in [1.54, 1.807) is 0 Å². The van der Waals surface area contributed by atoms with E-state index >= 15 is 0 Å². The fourth-order valence-electron chi connectivity index (χ4n) is 0.807. The summed E-state index contributed by atoms with van der Waals surface area (Å²) in [6.07, 6.45) is 0. The lowest BCUT2D eigenvalue weighted by atomic mass is 10.2. The van der Waals surface area contributed by atoms with Crippen LogP contribution in [0.25, 0.3) is 0 Å². The molecule has 0 spiro atoms. The van der Waals surface area contributed by atoms with Gasteiger partial charge in [0.05, 0.1) is 0 Å². The van der Waals surface area contributed by atoms with Crippen LogP contribution in [0.15, 0.2) is 24.3 Å². The predicted molar refractivity (Wildman–Crippen MR) is 50.9 cm³/mol. The first-order valence-electron chi connectivity index (χ1n) is 3.82. The van der Waals surface area contributed by atoms with Crippen LogP contribution in [0.3, 0.4) is 0 Å². The Balaban J connectivity index is 0. The van der Waals surface area contributed by atoms with Crippen molar-refractivity contribution in [3.8, 4) is 0 Å². The Bertz CT molecular complexity index is 165. The highest BCUT2D eigenvalue weighted by Gasteiger charge is 1.80. The zero-order valence-corrected chi connectivity index (χ0v) is 7.81. The van der Waals surface area contributed by atoms with Gasteiger partial charge in [-0.05, 0) is 13.8 Å². The fourth-order valence-corrected chi connectivity index (χ4v) is 0.807. The molecule has 1 heteroatoms. The van der Waals surface area contributed by atoms with Gasteiger partial charge in [0, 0.05) is 0 Å². The van der Waals surface area contributed by atoms with Crippen LogP contribution in [-0.2, 0) is 0 Å². The number of hydrogen-bond acceptors (Lipinski definition) is 0. The van der Waals surface area contributed by atoms with Crippen LogP contribution >= 0.6 is 0 Å². The molecule has 64 valence electrons. The van der Waals surface area contributed by atoms with Crippen molar-refractivity contribution >= 4 is 0 Å². The molecule has 0 bridgehead atoms. The van der Waals surface area contributed by atoms with Gasteiger partial charge in [-0.15, -0.1) is 0 Å². The minimum absolute atomic E-state index is 0. The van der Waals surface area contributed by atoms with Gasteiger partial charge >= 0.3 is 0 Å². The summed E-state index contributed by atoms with van der Waals surface area (Å²) in [5.41, 5.74) is 2.68. The average molecular weight is 154 g/mol. The molecular weight excluding hydrogens is 136 g/mol. The van der Waals surface area contributed by atoms with Gasteiger partial charge in [-0.3, -0.25) is 0 Å². The molecule has 0 aromatic heterocycles. The third-order valence-electron chi connectivity index (χ3n) is 1.17. The summed E-state index contributed by atoms with van der Waals surface area (Å²) in [4.78, 5) is 0. The molecule has 0 unspecified atom stereocenters. The summed E-state index contributed by atoms with van der Waals surface area (Å²) in [7, 11) is 0. The average Bonchev–Trinajstić information content (AvgIpc) is 1.91. The molecule has 0 radical (unpaired) electrons. The molecule has 0 fully saturated rings. The Hall–Kier alpha value is -0.820. The first kappa shape index (κ1) is 12.8. The maximum atomic E-state index is 2.17. The SMILES string of the molecule is CC.Cc1cccc(C)c1.O. The summed E-state index contributed by atoms with van der Waals surface area (Å²) in [6.45, 7) is 8.21. The van der Waals surface area contributed by atoms with Crippen LogP contribution in [0.5, 0.6) is 0 Å². The molecule has 0 heterocycles. The fraction of sp³-hybridized carbons (Fsp3) is 0.400. The van der Waals surface area contributed by atoms with E-state index < -0.39 is 0 Å². The lowest BCUT2D eigenvalue weighted by molar-refractivity contribution is 0.824. The molecule has 1 nitrogen and oxygen atoms in total. The van der Waals surface area contributed by atoms with Crippen molar-refractivity contribution in [2.45, 2.75) is 27.7 Å². The molecule has 0 aliphatic rings. The van der Waals surface area contributed by atoms with E-state index in [0.29, 0.717) is 0 Å². The van der Waals surface area contributed by atoms with Gasteiger partial charge < -0.3 is 5.48 Å². The number of aryl methyl sites for hydroxylation is 2. The van der Waals surface area contributed by atoms with E-state index in [1.807, 2.05) is 13.8 Å². The first-order valence-corrected chi connectivity index (χ1v) is 3.82. The van der Waals surface area contributed by atoms with Crippen LogP contribution in [0.1, 0.15) is 25.0 Å². The standard InChI is InChI=1S/C8H10.C2H6.H2O/c1-7-4-3-5-8(2)6-7;1-2;/h3-6H,1-2H3;1-2H3;1H2. The number of rotatable bonds is 0. The molecule has 0 saturated heterocycles. The molecule has 1 aromatic carbocycles. The van der Waals surface area contributed by atoms with E-state index in [0.717, 1.165) is 0 Å². The Morgan fingerprint density at radius 3 is 1.45 bits per heavy atom. The summed E-state index contributed by atoms with van der Waals surface area (Å²) in [5, 5.41) is 0. The Morgan fingerprint density at radius 1 is 0.909 bits per heavy atom. The number of benzene rings is 1. The Labute approximate surface area is 69.4 Å². The lowest BCUT2D eigenvalue weighted by Crippen LogP contribution is -1.71. The predicted octanol–water partition coefficient (Wildman–Crippen LogP) is 2.50. The van der Waals surface area contributed by atoms with E-state index in [4.69, 9.17) is 0 Å². The molecule has 11 heavy (non-hydrogen) atoms. The lowest BCUT2D eigenvalue weighted by Gasteiger charge is -1.90. The van der Waals surface area contributed by atoms with Gasteiger partial charge in [0.15, 0.2) is 0 Å². The zero-order valence-electron chi connectivity index (χ0n) is 7.81. The zero-order chi connectivity index (χ0) is 7.98. The van der Waals surface area contributed by atoms with Crippen molar-refractivity contribution in [3.63, 3.8) is 0 Å². The van der Waals surface area contributed by atoms with Gasteiger partial charge in [0.2, 0.25) is 0 Å². The molecule has 0 atom stereocenters. The van der Waals surface area contributed by atoms with Crippen LogP contribution in [0.4, 0.5) is 0 Å².